The van der Waals surface area contributed by atoms with Crippen LogP contribution in [0.15, 0.2) is 45.7 Å². The summed E-state index contributed by atoms with van der Waals surface area (Å²) >= 11 is 1.06. The van der Waals surface area contributed by atoms with Crippen LogP contribution in [0.1, 0.15) is 24.0 Å². The van der Waals surface area contributed by atoms with E-state index >= 15 is 4.39 Å². The molecule has 3 heterocycles. The Hall–Kier alpha value is -3.99. The van der Waals surface area contributed by atoms with Crippen LogP contribution in [0.2, 0.25) is 0 Å². The number of hydrogen-bond acceptors (Lipinski definition) is 9. The minimum absolute atomic E-state index is 0.0751. The zero-order chi connectivity index (χ0) is 30.2. The van der Waals surface area contributed by atoms with Gasteiger partial charge in [-0.2, -0.15) is 26.3 Å². The monoisotopic (exact) mass is 619 g/mol. The molecule has 0 unspecified atom stereocenters. The number of carbonyl (C=O) groups is 1. The quantitative estimate of drug-likeness (QED) is 0.258. The molecule has 9 nitrogen and oxygen atoms in total. The summed E-state index contributed by atoms with van der Waals surface area (Å²) in [6, 6.07) is 6.82. The van der Waals surface area contributed by atoms with Crippen LogP contribution < -0.4 is 15.5 Å². The van der Waals surface area contributed by atoms with E-state index in [1.165, 1.54) is 12.1 Å². The summed E-state index contributed by atoms with van der Waals surface area (Å²) in [6.45, 7) is 2.91. The summed E-state index contributed by atoms with van der Waals surface area (Å²) < 4.78 is 97.1. The van der Waals surface area contributed by atoms with Crippen molar-refractivity contribution in [3.63, 3.8) is 0 Å². The van der Waals surface area contributed by atoms with Crippen molar-refractivity contribution in [1.82, 2.24) is 19.8 Å². The standard InChI is InChI=1S/C25H20F7N5O4S/c26-17-11-14(3-5-16(17)20-34-40-23(39)37(20)41-21(38)25(30,31)32)13-36(10-9-35-7-1-2-8-35)22-33-18-6-4-15(24(27,28)29)12-19(18)42-22/h3-6,11-12H,1-2,7-10,13H2. The van der Waals surface area contributed by atoms with E-state index in [0.717, 1.165) is 61.5 Å². The van der Waals surface area contributed by atoms with Gasteiger partial charge in [0.15, 0.2) is 5.13 Å². The number of anilines is 1. The average molecular weight is 620 g/mol. The Morgan fingerprint density at radius 1 is 1.07 bits per heavy atom. The molecule has 0 bridgehead atoms. The molecule has 42 heavy (non-hydrogen) atoms. The fraction of sp³-hybridized carbons (Fsp3) is 0.360. The van der Waals surface area contributed by atoms with Crippen LogP contribution in [0.5, 0.6) is 0 Å². The molecule has 4 aromatic rings. The molecule has 0 radical (unpaired) electrons. The normalized spacial score (nSPS) is 14.5. The van der Waals surface area contributed by atoms with Gasteiger partial charge in [-0.25, -0.2) is 19.0 Å². The maximum atomic E-state index is 15.2. The van der Waals surface area contributed by atoms with Gasteiger partial charge in [-0.3, -0.25) is 4.52 Å². The van der Waals surface area contributed by atoms with Crippen molar-refractivity contribution in [2.45, 2.75) is 31.7 Å². The highest BCUT2D eigenvalue weighted by molar-refractivity contribution is 7.22. The lowest BCUT2D eigenvalue weighted by atomic mass is 10.1. The molecule has 224 valence electrons. The van der Waals surface area contributed by atoms with Crippen molar-refractivity contribution < 1.29 is 44.9 Å². The Morgan fingerprint density at radius 3 is 2.48 bits per heavy atom. The lowest BCUT2D eigenvalue weighted by Gasteiger charge is -2.25. The highest BCUT2D eigenvalue weighted by Crippen LogP contribution is 2.36. The number of carbonyl (C=O) groups excluding carboxylic acids is 1. The zero-order valence-corrected chi connectivity index (χ0v) is 22.2. The maximum Gasteiger partial charge on any atom is 0.493 e. The molecule has 5 rings (SSSR count). The molecule has 1 aliphatic rings. The van der Waals surface area contributed by atoms with Gasteiger partial charge in [-0.15, -0.1) is 0 Å². The fourth-order valence-corrected chi connectivity index (χ4v) is 5.44. The van der Waals surface area contributed by atoms with Gasteiger partial charge in [0.2, 0.25) is 5.82 Å². The summed E-state index contributed by atoms with van der Waals surface area (Å²) in [7, 11) is 0. The summed E-state index contributed by atoms with van der Waals surface area (Å²) in [5, 5.41) is 3.64. The van der Waals surface area contributed by atoms with Gasteiger partial charge in [0.25, 0.3) is 0 Å². The number of nitrogens with zero attached hydrogens (tertiary/aromatic N) is 5. The first kappa shape index (κ1) is 29.5. The molecular weight excluding hydrogens is 599 g/mol. The summed E-state index contributed by atoms with van der Waals surface area (Å²) in [6.07, 6.45) is -7.88. The van der Waals surface area contributed by atoms with E-state index in [4.69, 9.17) is 0 Å². The maximum absolute atomic E-state index is 15.2. The molecule has 2 aromatic carbocycles. The number of likely N-dealkylation sites (tertiary alicyclic amines) is 1. The first-order valence-corrected chi connectivity index (χ1v) is 13.2. The van der Waals surface area contributed by atoms with Crippen molar-refractivity contribution in [3.8, 4) is 11.4 Å². The first-order chi connectivity index (χ1) is 19.8. The second-order valence-corrected chi connectivity index (χ2v) is 10.4. The Morgan fingerprint density at radius 2 is 1.81 bits per heavy atom. The van der Waals surface area contributed by atoms with Crippen LogP contribution in [-0.4, -0.2) is 58.1 Å². The number of rotatable bonds is 8. The van der Waals surface area contributed by atoms with Crippen LogP contribution in [0.4, 0.5) is 35.9 Å². The van der Waals surface area contributed by atoms with E-state index in [9.17, 15) is 35.9 Å². The SMILES string of the molecule is O=C(On1c(-c2ccc(CN(CCN3CCCC3)c3nc4ccc(C(F)(F)F)cc4s3)cc2F)noc1=O)C(F)(F)F. The summed E-state index contributed by atoms with van der Waals surface area (Å²) in [4.78, 5) is 35.5. The number of fused-ring (bicyclic) bond motifs is 1. The van der Waals surface area contributed by atoms with Crippen molar-refractivity contribution in [2.24, 2.45) is 0 Å². The fourth-order valence-electron chi connectivity index (χ4n) is 4.41. The summed E-state index contributed by atoms with van der Waals surface area (Å²) in [5.74, 6) is -6.14. The van der Waals surface area contributed by atoms with Crippen LogP contribution >= 0.6 is 11.3 Å². The Balaban J connectivity index is 1.42. The Bertz CT molecular complexity index is 1660. The number of halogens is 7. The first-order valence-electron chi connectivity index (χ1n) is 12.4. The number of aromatic nitrogens is 3. The zero-order valence-electron chi connectivity index (χ0n) is 21.3. The topological polar surface area (TPSA) is 93.7 Å². The van der Waals surface area contributed by atoms with E-state index in [1.54, 1.807) is 4.90 Å². The lowest BCUT2D eigenvalue weighted by Crippen LogP contribution is -2.37. The number of alkyl halides is 6. The average Bonchev–Trinajstić information content (AvgIpc) is 3.66. The third-order valence-corrected chi connectivity index (χ3v) is 7.56. The van der Waals surface area contributed by atoms with Gasteiger partial charge in [0.05, 0.1) is 21.3 Å². The van der Waals surface area contributed by atoms with E-state index in [-0.39, 0.29) is 11.3 Å². The van der Waals surface area contributed by atoms with E-state index in [1.807, 2.05) is 0 Å². The van der Waals surface area contributed by atoms with E-state index < -0.39 is 46.8 Å². The largest absolute Gasteiger partial charge is 0.493 e. The third kappa shape index (κ3) is 6.41. The molecule has 0 spiro atoms. The van der Waals surface area contributed by atoms with Gasteiger partial charge in [-0.1, -0.05) is 27.3 Å². The lowest BCUT2D eigenvalue weighted by molar-refractivity contribution is -0.200. The van der Waals surface area contributed by atoms with Crippen LogP contribution in [0.25, 0.3) is 21.6 Å². The van der Waals surface area contributed by atoms with Crippen molar-refractivity contribution in [2.75, 3.05) is 31.1 Å². The molecule has 0 saturated carbocycles. The molecule has 1 saturated heterocycles. The predicted octanol–water partition coefficient (Wildman–Crippen LogP) is 4.89. The van der Waals surface area contributed by atoms with Crippen molar-refractivity contribution in [1.29, 1.82) is 0 Å². The molecule has 0 atom stereocenters. The highest BCUT2D eigenvalue weighted by atomic mass is 32.1. The second-order valence-electron chi connectivity index (χ2n) is 9.40. The molecular formula is C25H20F7N5O4S. The Labute approximate surface area is 235 Å². The van der Waals surface area contributed by atoms with E-state index in [0.29, 0.717) is 34.0 Å². The minimum Gasteiger partial charge on any atom is -0.342 e. The van der Waals surface area contributed by atoms with Crippen LogP contribution in [0.3, 0.4) is 0 Å². The molecule has 0 aliphatic carbocycles. The number of hydrogen-bond donors (Lipinski definition) is 0. The van der Waals surface area contributed by atoms with Crippen LogP contribution in [0, 0.1) is 5.82 Å². The third-order valence-electron chi connectivity index (χ3n) is 6.48. The number of thiazole rings is 1. The van der Waals surface area contributed by atoms with Gasteiger partial charge < -0.3 is 14.6 Å². The highest BCUT2D eigenvalue weighted by Gasteiger charge is 2.43. The minimum atomic E-state index is -5.44. The van der Waals surface area contributed by atoms with Gasteiger partial charge in [0.1, 0.15) is 5.82 Å². The predicted molar refractivity (Wildman–Crippen MR) is 135 cm³/mol. The second kappa shape index (κ2) is 11.4. The van der Waals surface area contributed by atoms with Crippen molar-refractivity contribution >= 4 is 32.7 Å². The smallest absolute Gasteiger partial charge is 0.342 e. The van der Waals surface area contributed by atoms with Crippen molar-refractivity contribution in [3.05, 3.63) is 63.9 Å². The van der Waals surface area contributed by atoms with Crippen LogP contribution in [-0.2, 0) is 17.5 Å². The number of benzene rings is 2. The van der Waals surface area contributed by atoms with Gasteiger partial charge in [-0.05, 0) is 61.8 Å². The Kier molecular flexibility index (Phi) is 7.98. The molecule has 0 N–H and O–H groups in total. The van der Waals surface area contributed by atoms with Gasteiger partial charge in [0, 0.05) is 19.6 Å². The molecule has 1 aliphatic heterocycles. The summed E-state index contributed by atoms with van der Waals surface area (Å²) in [5.41, 5.74) is -0.549. The molecule has 1 fully saturated rings. The van der Waals surface area contributed by atoms with E-state index in [2.05, 4.69) is 24.4 Å². The van der Waals surface area contributed by atoms with Gasteiger partial charge >= 0.3 is 24.1 Å². The molecule has 0 amide bonds. The molecule has 2 aromatic heterocycles. The molecule has 17 heteroatoms.